The van der Waals surface area contributed by atoms with Crippen LogP contribution in [0.3, 0.4) is 0 Å². The van der Waals surface area contributed by atoms with E-state index in [1.165, 1.54) is 32.4 Å². The largest absolute Gasteiger partial charge is 0.300 e. The Balaban J connectivity index is 2.38. The van der Waals surface area contributed by atoms with Crippen molar-refractivity contribution in [3.05, 3.63) is 0 Å². The zero-order chi connectivity index (χ0) is 10.6. The SMILES string of the molecule is CCC(C)CN1CCCC1CC(C)=O. The minimum atomic E-state index is 0.339. The van der Waals surface area contributed by atoms with Crippen molar-refractivity contribution >= 4 is 5.78 Å². The molecule has 0 N–H and O–H groups in total. The fourth-order valence-corrected chi connectivity index (χ4v) is 2.23. The summed E-state index contributed by atoms with van der Waals surface area (Å²) >= 11 is 0. The van der Waals surface area contributed by atoms with Gasteiger partial charge in [-0.05, 0) is 32.2 Å². The van der Waals surface area contributed by atoms with Crippen molar-refractivity contribution in [2.45, 2.75) is 52.5 Å². The Hall–Kier alpha value is -0.370. The van der Waals surface area contributed by atoms with E-state index in [-0.39, 0.29) is 0 Å². The molecule has 0 amide bonds. The molecule has 2 atom stereocenters. The quantitative estimate of drug-likeness (QED) is 0.675. The zero-order valence-electron chi connectivity index (χ0n) is 9.75. The predicted molar refractivity (Wildman–Crippen MR) is 59.3 cm³/mol. The van der Waals surface area contributed by atoms with E-state index in [0.717, 1.165) is 12.3 Å². The van der Waals surface area contributed by atoms with Gasteiger partial charge in [0.25, 0.3) is 0 Å². The number of carbonyl (C=O) groups is 1. The van der Waals surface area contributed by atoms with E-state index in [4.69, 9.17) is 0 Å². The number of likely N-dealkylation sites (tertiary alicyclic amines) is 1. The number of hydrogen-bond donors (Lipinski definition) is 0. The summed E-state index contributed by atoms with van der Waals surface area (Å²) in [5.74, 6) is 1.11. The van der Waals surface area contributed by atoms with E-state index in [0.29, 0.717) is 11.8 Å². The Morgan fingerprint density at radius 2 is 2.29 bits per heavy atom. The lowest BCUT2D eigenvalue weighted by Gasteiger charge is -2.26. The molecule has 14 heavy (non-hydrogen) atoms. The van der Waals surface area contributed by atoms with Crippen LogP contribution in [0, 0.1) is 5.92 Å². The highest BCUT2D eigenvalue weighted by Gasteiger charge is 2.25. The van der Waals surface area contributed by atoms with Crippen LogP contribution in [-0.2, 0) is 4.79 Å². The molecule has 1 heterocycles. The predicted octanol–water partition coefficient (Wildman–Crippen LogP) is 2.48. The van der Waals surface area contributed by atoms with Gasteiger partial charge in [-0.3, -0.25) is 9.69 Å². The minimum absolute atomic E-state index is 0.339. The van der Waals surface area contributed by atoms with Gasteiger partial charge in [0.05, 0.1) is 0 Å². The second kappa shape index (κ2) is 5.50. The number of hydrogen-bond acceptors (Lipinski definition) is 2. The van der Waals surface area contributed by atoms with E-state index in [1.807, 2.05) is 0 Å². The van der Waals surface area contributed by atoms with Crippen LogP contribution in [0.4, 0.5) is 0 Å². The molecular formula is C12H23NO. The lowest BCUT2D eigenvalue weighted by atomic mass is 10.1. The van der Waals surface area contributed by atoms with Crippen molar-refractivity contribution in [3.63, 3.8) is 0 Å². The van der Waals surface area contributed by atoms with Gasteiger partial charge in [0.1, 0.15) is 5.78 Å². The summed E-state index contributed by atoms with van der Waals surface area (Å²) < 4.78 is 0. The Morgan fingerprint density at radius 3 is 2.86 bits per heavy atom. The summed E-state index contributed by atoms with van der Waals surface area (Å²) in [4.78, 5) is 13.6. The van der Waals surface area contributed by atoms with Crippen molar-refractivity contribution in [3.8, 4) is 0 Å². The van der Waals surface area contributed by atoms with Crippen LogP contribution >= 0.6 is 0 Å². The average Bonchev–Trinajstić information content (AvgIpc) is 2.52. The average molecular weight is 197 g/mol. The maximum Gasteiger partial charge on any atom is 0.131 e. The Labute approximate surface area is 87.7 Å². The molecule has 0 aromatic heterocycles. The van der Waals surface area contributed by atoms with Gasteiger partial charge in [-0.25, -0.2) is 0 Å². The molecule has 0 radical (unpaired) electrons. The molecule has 1 rings (SSSR count). The molecule has 0 bridgehead atoms. The van der Waals surface area contributed by atoms with Gasteiger partial charge in [-0.1, -0.05) is 20.3 Å². The van der Waals surface area contributed by atoms with Crippen molar-refractivity contribution in [1.29, 1.82) is 0 Å². The molecule has 1 saturated heterocycles. The Morgan fingerprint density at radius 1 is 1.57 bits per heavy atom. The molecular weight excluding hydrogens is 174 g/mol. The van der Waals surface area contributed by atoms with Crippen LogP contribution in [0.5, 0.6) is 0 Å². The monoisotopic (exact) mass is 197 g/mol. The fraction of sp³-hybridized carbons (Fsp3) is 0.917. The molecule has 82 valence electrons. The molecule has 0 aromatic rings. The van der Waals surface area contributed by atoms with Gasteiger partial charge in [0.15, 0.2) is 0 Å². The molecule has 1 aliphatic heterocycles. The number of ketones is 1. The van der Waals surface area contributed by atoms with E-state index >= 15 is 0 Å². The van der Waals surface area contributed by atoms with Gasteiger partial charge >= 0.3 is 0 Å². The third kappa shape index (κ3) is 3.41. The fourth-order valence-electron chi connectivity index (χ4n) is 2.23. The number of rotatable bonds is 5. The van der Waals surface area contributed by atoms with Gasteiger partial charge in [-0.2, -0.15) is 0 Å². The van der Waals surface area contributed by atoms with Crippen molar-refractivity contribution < 1.29 is 4.79 Å². The normalized spacial score (nSPS) is 25.2. The maximum atomic E-state index is 11.1. The number of Topliss-reactive ketones (excluding diaryl/α,β-unsaturated/α-hetero) is 1. The molecule has 0 aromatic carbocycles. The molecule has 1 aliphatic rings. The smallest absolute Gasteiger partial charge is 0.131 e. The molecule has 2 nitrogen and oxygen atoms in total. The summed E-state index contributed by atoms with van der Waals surface area (Å²) in [7, 11) is 0. The zero-order valence-corrected chi connectivity index (χ0v) is 9.75. The van der Waals surface area contributed by atoms with Gasteiger partial charge in [-0.15, -0.1) is 0 Å². The highest BCUT2D eigenvalue weighted by Crippen LogP contribution is 2.22. The highest BCUT2D eigenvalue weighted by molar-refractivity contribution is 5.76. The summed E-state index contributed by atoms with van der Waals surface area (Å²) in [5.41, 5.74) is 0. The molecule has 1 fully saturated rings. The first-order chi connectivity index (χ1) is 6.63. The molecule has 2 heteroatoms. The van der Waals surface area contributed by atoms with Crippen LogP contribution in [0.1, 0.15) is 46.5 Å². The Kier molecular flexibility index (Phi) is 4.59. The van der Waals surface area contributed by atoms with Crippen molar-refractivity contribution in [1.82, 2.24) is 4.90 Å². The first-order valence-electron chi connectivity index (χ1n) is 5.87. The third-order valence-electron chi connectivity index (χ3n) is 3.27. The van der Waals surface area contributed by atoms with E-state index in [1.54, 1.807) is 6.92 Å². The maximum absolute atomic E-state index is 11.1. The summed E-state index contributed by atoms with van der Waals surface area (Å²) in [6.45, 7) is 8.61. The van der Waals surface area contributed by atoms with Crippen molar-refractivity contribution in [2.24, 2.45) is 5.92 Å². The van der Waals surface area contributed by atoms with Crippen LogP contribution in [-0.4, -0.2) is 29.8 Å². The summed E-state index contributed by atoms with van der Waals surface area (Å²) in [6, 6.07) is 0.543. The van der Waals surface area contributed by atoms with Gasteiger partial charge in [0.2, 0.25) is 0 Å². The second-order valence-electron chi connectivity index (χ2n) is 4.71. The first-order valence-corrected chi connectivity index (χ1v) is 5.87. The topological polar surface area (TPSA) is 20.3 Å². The summed E-state index contributed by atoms with van der Waals surface area (Å²) in [6.07, 6.45) is 4.49. The standard InChI is InChI=1S/C12H23NO/c1-4-10(2)9-13-7-5-6-12(13)8-11(3)14/h10,12H,4-9H2,1-3H3. The molecule has 2 unspecified atom stereocenters. The van der Waals surface area contributed by atoms with E-state index in [2.05, 4.69) is 18.7 Å². The molecule has 0 saturated carbocycles. The van der Waals surface area contributed by atoms with Crippen LogP contribution < -0.4 is 0 Å². The van der Waals surface area contributed by atoms with E-state index < -0.39 is 0 Å². The molecule has 0 spiro atoms. The van der Waals surface area contributed by atoms with Gasteiger partial charge in [0, 0.05) is 19.0 Å². The summed E-state index contributed by atoms with van der Waals surface area (Å²) in [5, 5.41) is 0. The lowest BCUT2D eigenvalue weighted by Crippen LogP contribution is -2.34. The van der Waals surface area contributed by atoms with E-state index in [9.17, 15) is 4.79 Å². The second-order valence-corrected chi connectivity index (χ2v) is 4.71. The third-order valence-corrected chi connectivity index (χ3v) is 3.27. The van der Waals surface area contributed by atoms with Crippen LogP contribution in [0.2, 0.25) is 0 Å². The Bertz CT molecular complexity index is 191. The highest BCUT2D eigenvalue weighted by atomic mass is 16.1. The van der Waals surface area contributed by atoms with Crippen molar-refractivity contribution in [2.75, 3.05) is 13.1 Å². The van der Waals surface area contributed by atoms with Crippen LogP contribution in [0.25, 0.3) is 0 Å². The number of carbonyl (C=O) groups excluding carboxylic acids is 1. The first kappa shape index (κ1) is 11.7. The lowest BCUT2D eigenvalue weighted by molar-refractivity contribution is -0.118. The van der Waals surface area contributed by atoms with Gasteiger partial charge < -0.3 is 0 Å². The minimum Gasteiger partial charge on any atom is -0.300 e. The number of nitrogens with zero attached hydrogens (tertiary/aromatic N) is 1. The molecule has 0 aliphatic carbocycles. The van der Waals surface area contributed by atoms with Crippen LogP contribution in [0.15, 0.2) is 0 Å².